The molecule has 0 spiro atoms. The molecule has 5 rings (SSSR count). The average molecular weight is 496 g/mol. The summed E-state index contributed by atoms with van der Waals surface area (Å²) in [6, 6.07) is 12.8. The lowest BCUT2D eigenvalue weighted by atomic mass is 9.92. The number of hydrogen-bond donors (Lipinski definition) is 2. The van der Waals surface area contributed by atoms with Gasteiger partial charge in [0.15, 0.2) is 0 Å². The molecule has 2 N–H and O–H groups in total. The molecule has 2 amide bonds. The Balaban J connectivity index is 1.58. The van der Waals surface area contributed by atoms with Crippen LogP contribution in [0.1, 0.15) is 57.1 Å². The van der Waals surface area contributed by atoms with Gasteiger partial charge >= 0.3 is 12.2 Å². The topological polar surface area (TPSA) is 55.3 Å². The molecule has 2 saturated carbocycles. The van der Waals surface area contributed by atoms with Crippen molar-refractivity contribution in [3.63, 3.8) is 0 Å². The van der Waals surface area contributed by atoms with Crippen LogP contribution in [0.3, 0.4) is 0 Å². The van der Waals surface area contributed by atoms with E-state index in [0.29, 0.717) is 34.7 Å². The minimum atomic E-state index is -4.60. The van der Waals surface area contributed by atoms with E-state index in [1.165, 1.54) is 5.92 Å². The van der Waals surface area contributed by atoms with Crippen molar-refractivity contribution < 1.29 is 22.7 Å². The fourth-order valence-corrected chi connectivity index (χ4v) is 4.73. The summed E-state index contributed by atoms with van der Waals surface area (Å²) in [5, 5.41) is 6.44. The molecule has 2 aliphatic rings. The van der Waals surface area contributed by atoms with Crippen molar-refractivity contribution in [1.82, 2.24) is 9.88 Å². The Morgan fingerprint density at radius 1 is 1.08 bits per heavy atom. The monoisotopic (exact) mass is 495 g/mol. The number of rotatable bonds is 6. The second-order valence-corrected chi connectivity index (χ2v) is 9.34. The number of halogens is 3. The summed E-state index contributed by atoms with van der Waals surface area (Å²) in [7, 11) is 0. The lowest BCUT2D eigenvalue weighted by Gasteiger charge is -2.30. The normalized spacial score (nSPS) is 16.0. The number of carbonyl (C=O) groups excluding carboxylic acids is 1. The number of benzene rings is 2. The first-order valence-electron chi connectivity index (χ1n) is 12.4. The highest BCUT2D eigenvalue weighted by molar-refractivity contribution is 5.96. The Labute approximate surface area is 208 Å². The number of anilines is 1. The van der Waals surface area contributed by atoms with Gasteiger partial charge in [0, 0.05) is 35.1 Å². The SMILES string of the molecule is CCOc1ccc2c(C#CC(F)(F)F)c(-c3ccc(NC(=O)NC4CCC4)cc3)n(C3CCC3)c2c1. The highest BCUT2D eigenvalue weighted by atomic mass is 19.4. The van der Waals surface area contributed by atoms with E-state index in [4.69, 9.17) is 4.74 Å². The van der Waals surface area contributed by atoms with E-state index >= 15 is 0 Å². The maximum absolute atomic E-state index is 13.1. The molecule has 8 heteroatoms. The highest BCUT2D eigenvalue weighted by Gasteiger charge is 2.29. The van der Waals surface area contributed by atoms with Crippen LogP contribution < -0.4 is 15.4 Å². The van der Waals surface area contributed by atoms with Gasteiger partial charge in [-0.2, -0.15) is 13.2 Å². The summed E-state index contributed by atoms with van der Waals surface area (Å²) in [6.07, 6.45) is 1.47. The zero-order chi connectivity index (χ0) is 25.3. The van der Waals surface area contributed by atoms with E-state index < -0.39 is 6.18 Å². The lowest BCUT2D eigenvalue weighted by molar-refractivity contribution is -0.0696. The second kappa shape index (κ2) is 9.81. The molecule has 5 nitrogen and oxygen atoms in total. The third kappa shape index (κ3) is 5.01. The van der Waals surface area contributed by atoms with Gasteiger partial charge in [-0.05, 0) is 75.3 Å². The fraction of sp³-hybridized carbons (Fsp3) is 0.393. The number of urea groups is 1. The predicted octanol–water partition coefficient (Wildman–Crippen LogP) is 7.02. The third-order valence-corrected chi connectivity index (χ3v) is 6.91. The summed E-state index contributed by atoms with van der Waals surface area (Å²) in [4.78, 5) is 12.2. The Hall–Kier alpha value is -3.60. The summed E-state index contributed by atoms with van der Waals surface area (Å²) in [5.41, 5.74) is 3.18. The standard InChI is InChI=1S/C28H28F3N3O2/c1-2-36-22-13-14-23-24(15-16-28(29,30)31)26(34(25(23)17-22)21-7-4-8-21)18-9-11-20(12-10-18)33-27(35)32-19-5-3-6-19/h9-14,17,19,21H,2-8H2,1H3,(H2,32,33,35). The van der Waals surface area contributed by atoms with Crippen molar-refractivity contribution in [3.05, 3.63) is 48.0 Å². The van der Waals surface area contributed by atoms with Crippen LogP contribution >= 0.6 is 0 Å². The molecule has 0 bridgehead atoms. The van der Waals surface area contributed by atoms with Gasteiger partial charge < -0.3 is 19.9 Å². The molecule has 1 heterocycles. The van der Waals surface area contributed by atoms with Crippen LogP contribution in [-0.2, 0) is 0 Å². The molecule has 0 saturated heterocycles. The van der Waals surface area contributed by atoms with Gasteiger partial charge in [-0.15, -0.1) is 0 Å². The van der Waals surface area contributed by atoms with Crippen LogP contribution in [0.25, 0.3) is 22.2 Å². The molecule has 1 aromatic heterocycles. The van der Waals surface area contributed by atoms with Crippen molar-refractivity contribution in [2.75, 3.05) is 11.9 Å². The van der Waals surface area contributed by atoms with Crippen LogP contribution in [0.15, 0.2) is 42.5 Å². The lowest BCUT2D eigenvalue weighted by Crippen LogP contribution is -2.41. The summed E-state index contributed by atoms with van der Waals surface area (Å²) >= 11 is 0. The zero-order valence-corrected chi connectivity index (χ0v) is 20.0. The van der Waals surface area contributed by atoms with E-state index in [9.17, 15) is 18.0 Å². The number of alkyl halides is 3. The highest BCUT2D eigenvalue weighted by Crippen LogP contribution is 2.43. The Morgan fingerprint density at radius 2 is 1.81 bits per heavy atom. The molecule has 0 unspecified atom stereocenters. The van der Waals surface area contributed by atoms with Gasteiger partial charge in [0.05, 0.1) is 23.4 Å². The minimum Gasteiger partial charge on any atom is -0.494 e. The van der Waals surface area contributed by atoms with Crippen LogP contribution in [0, 0.1) is 11.8 Å². The van der Waals surface area contributed by atoms with Gasteiger partial charge in [-0.1, -0.05) is 18.1 Å². The quantitative estimate of drug-likeness (QED) is 0.361. The zero-order valence-electron chi connectivity index (χ0n) is 20.0. The number of amides is 2. The molecule has 0 atom stereocenters. The van der Waals surface area contributed by atoms with E-state index in [1.807, 2.05) is 25.1 Å². The number of hydrogen-bond acceptors (Lipinski definition) is 2. The number of carbonyl (C=O) groups is 1. The number of fused-ring (bicyclic) bond motifs is 1. The van der Waals surface area contributed by atoms with Crippen LogP contribution in [0.2, 0.25) is 0 Å². The third-order valence-electron chi connectivity index (χ3n) is 6.91. The van der Waals surface area contributed by atoms with Gasteiger partial charge in [-0.3, -0.25) is 0 Å². The number of ether oxygens (including phenoxy) is 1. The van der Waals surface area contributed by atoms with Gasteiger partial charge in [-0.25, -0.2) is 4.79 Å². The molecule has 188 valence electrons. The molecule has 2 aromatic carbocycles. The van der Waals surface area contributed by atoms with Gasteiger partial charge in [0.25, 0.3) is 0 Å². The molecule has 2 aliphatic carbocycles. The Morgan fingerprint density at radius 3 is 2.39 bits per heavy atom. The summed E-state index contributed by atoms with van der Waals surface area (Å²) < 4.78 is 47.2. The maximum atomic E-state index is 13.1. The number of nitrogens with zero attached hydrogens (tertiary/aromatic N) is 1. The largest absolute Gasteiger partial charge is 0.494 e. The Kier molecular flexibility index (Phi) is 6.57. The first-order valence-corrected chi connectivity index (χ1v) is 12.4. The van der Waals surface area contributed by atoms with E-state index in [0.717, 1.165) is 49.6 Å². The van der Waals surface area contributed by atoms with Crippen molar-refractivity contribution in [3.8, 4) is 28.8 Å². The summed E-state index contributed by atoms with van der Waals surface area (Å²) in [5.74, 6) is 4.58. The van der Waals surface area contributed by atoms with Crippen molar-refractivity contribution in [1.29, 1.82) is 0 Å². The molecule has 3 aromatic rings. The molecule has 0 radical (unpaired) electrons. The van der Waals surface area contributed by atoms with Crippen molar-refractivity contribution >= 4 is 22.6 Å². The van der Waals surface area contributed by atoms with Crippen molar-refractivity contribution in [2.45, 2.75) is 63.7 Å². The average Bonchev–Trinajstić information content (AvgIpc) is 3.07. The van der Waals surface area contributed by atoms with Crippen molar-refractivity contribution in [2.24, 2.45) is 0 Å². The molecule has 36 heavy (non-hydrogen) atoms. The van der Waals surface area contributed by atoms with E-state index in [2.05, 4.69) is 21.1 Å². The van der Waals surface area contributed by atoms with E-state index in [-0.39, 0.29) is 18.1 Å². The number of nitrogens with one attached hydrogen (secondary N) is 2. The fourth-order valence-electron chi connectivity index (χ4n) is 4.73. The molecule has 0 aliphatic heterocycles. The van der Waals surface area contributed by atoms with Crippen LogP contribution in [0.4, 0.5) is 23.7 Å². The van der Waals surface area contributed by atoms with Crippen LogP contribution in [-0.4, -0.2) is 29.4 Å². The number of aromatic nitrogens is 1. The predicted molar refractivity (Wildman–Crippen MR) is 134 cm³/mol. The summed E-state index contributed by atoms with van der Waals surface area (Å²) in [6.45, 7) is 2.38. The van der Waals surface area contributed by atoms with Crippen LogP contribution in [0.5, 0.6) is 5.75 Å². The van der Waals surface area contributed by atoms with Gasteiger partial charge in [0.2, 0.25) is 0 Å². The Bertz CT molecular complexity index is 1320. The molecule has 2 fully saturated rings. The van der Waals surface area contributed by atoms with E-state index in [1.54, 1.807) is 24.3 Å². The molecular weight excluding hydrogens is 467 g/mol. The smallest absolute Gasteiger partial charge is 0.458 e. The minimum absolute atomic E-state index is 0.173. The van der Waals surface area contributed by atoms with Gasteiger partial charge in [0.1, 0.15) is 5.75 Å². The second-order valence-electron chi connectivity index (χ2n) is 9.34. The molecular formula is C28H28F3N3O2. The maximum Gasteiger partial charge on any atom is 0.458 e. The first-order chi connectivity index (χ1) is 17.3. The first kappa shape index (κ1) is 24.1.